The van der Waals surface area contributed by atoms with Crippen molar-refractivity contribution in [1.29, 1.82) is 0 Å². The molecule has 5 rings (SSSR count). The maximum atomic E-state index is 12.8. The Bertz CT molecular complexity index is 512. The summed E-state index contributed by atoms with van der Waals surface area (Å²) in [5, 5.41) is 6.33. The van der Waals surface area contributed by atoms with Gasteiger partial charge >= 0.3 is 11.8 Å². The van der Waals surface area contributed by atoms with Crippen molar-refractivity contribution < 1.29 is 9.59 Å². The Labute approximate surface area is 171 Å². The molecule has 4 nitrogen and oxygen atoms in total. The molecule has 0 spiro atoms. The van der Waals surface area contributed by atoms with Crippen molar-refractivity contribution in [3.63, 3.8) is 0 Å². The van der Waals surface area contributed by atoms with E-state index < -0.39 is 0 Å². The number of rotatable bonds is 2. The molecular formula is C24H40N2O2. The highest BCUT2D eigenvalue weighted by Crippen LogP contribution is 2.55. The van der Waals surface area contributed by atoms with Crippen LogP contribution in [0.25, 0.3) is 0 Å². The van der Waals surface area contributed by atoms with Gasteiger partial charge in [-0.1, -0.05) is 57.8 Å². The molecule has 0 radical (unpaired) electrons. The summed E-state index contributed by atoms with van der Waals surface area (Å²) < 4.78 is 0. The second-order valence-electron chi connectivity index (χ2n) is 10.6. The van der Waals surface area contributed by atoms with Crippen LogP contribution >= 0.6 is 0 Å². The molecular weight excluding hydrogens is 348 g/mol. The molecule has 28 heavy (non-hydrogen) atoms. The minimum atomic E-state index is -0.382. The van der Waals surface area contributed by atoms with Crippen LogP contribution in [0.1, 0.15) is 109 Å². The second kappa shape index (κ2) is 9.17. The van der Waals surface area contributed by atoms with E-state index in [1.54, 1.807) is 0 Å². The molecule has 4 bridgehead atoms. The Morgan fingerprint density at radius 2 is 1.04 bits per heavy atom. The maximum absolute atomic E-state index is 12.8. The fourth-order valence-electron chi connectivity index (χ4n) is 7.12. The minimum Gasteiger partial charge on any atom is -0.345 e. The van der Waals surface area contributed by atoms with E-state index in [4.69, 9.17) is 0 Å². The SMILES string of the molecule is O=C(NC1CCCCCCCCCCC1)C(=O)NC12CC3CC(CC(C3)C1)C2. The molecule has 158 valence electrons. The van der Waals surface area contributed by atoms with Crippen LogP contribution in [0.15, 0.2) is 0 Å². The summed E-state index contributed by atoms with van der Waals surface area (Å²) in [4.78, 5) is 25.4. The standard InChI is InChI=1S/C24H40N2O2/c27-22(25-21-10-8-6-4-2-1-3-5-7-9-11-21)23(28)26-24-15-18-12-19(16-24)14-20(13-18)17-24/h18-21H,1-17H2,(H,25,27)(H,26,28). The molecule has 0 aliphatic heterocycles. The molecule has 5 aliphatic rings. The highest BCUT2D eigenvalue weighted by Gasteiger charge is 2.51. The molecule has 2 N–H and O–H groups in total. The molecule has 0 aromatic heterocycles. The van der Waals surface area contributed by atoms with E-state index in [9.17, 15) is 9.59 Å². The first-order chi connectivity index (χ1) is 13.6. The third-order valence-corrected chi connectivity index (χ3v) is 8.06. The molecule has 0 aromatic carbocycles. The van der Waals surface area contributed by atoms with Crippen molar-refractivity contribution in [3.05, 3.63) is 0 Å². The van der Waals surface area contributed by atoms with Crippen molar-refractivity contribution in [2.24, 2.45) is 17.8 Å². The first kappa shape index (κ1) is 20.2. The molecule has 4 heteroatoms. The molecule has 5 saturated carbocycles. The van der Waals surface area contributed by atoms with Gasteiger partial charge in [-0.3, -0.25) is 9.59 Å². The molecule has 5 aliphatic carbocycles. The molecule has 0 atom stereocenters. The van der Waals surface area contributed by atoms with Crippen LogP contribution in [0.5, 0.6) is 0 Å². The summed E-state index contributed by atoms with van der Waals surface area (Å²) in [6.45, 7) is 0. The van der Waals surface area contributed by atoms with E-state index in [-0.39, 0.29) is 23.4 Å². The highest BCUT2D eigenvalue weighted by molar-refractivity contribution is 6.35. The second-order valence-corrected chi connectivity index (χ2v) is 10.6. The van der Waals surface area contributed by atoms with E-state index in [1.165, 1.54) is 77.0 Å². The van der Waals surface area contributed by atoms with E-state index in [2.05, 4.69) is 10.6 Å². The van der Waals surface area contributed by atoms with E-state index in [0.29, 0.717) is 0 Å². The van der Waals surface area contributed by atoms with Crippen molar-refractivity contribution in [2.75, 3.05) is 0 Å². The summed E-state index contributed by atoms with van der Waals surface area (Å²) in [5.74, 6) is 1.59. The lowest BCUT2D eigenvalue weighted by molar-refractivity contribution is -0.143. The van der Waals surface area contributed by atoms with Gasteiger partial charge in [0.2, 0.25) is 0 Å². The van der Waals surface area contributed by atoms with E-state index in [1.807, 2.05) is 0 Å². The Balaban J connectivity index is 1.28. The zero-order valence-electron chi connectivity index (χ0n) is 17.6. The van der Waals surface area contributed by atoms with Crippen LogP contribution in [0.4, 0.5) is 0 Å². The van der Waals surface area contributed by atoms with Crippen LogP contribution in [0, 0.1) is 17.8 Å². The maximum Gasteiger partial charge on any atom is 0.309 e. The number of hydrogen-bond acceptors (Lipinski definition) is 2. The lowest BCUT2D eigenvalue weighted by Crippen LogP contribution is -2.62. The smallest absolute Gasteiger partial charge is 0.309 e. The Hall–Kier alpha value is -1.06. The average Bonchev–Trinajstić information content (AvgIpc) is 2.62. The van der Waals surface area contributed by atoms with Crippen LogP contribution < -0.4 is 10.6 Å². The zero-order valence-corrected chi connectivity index (χ0v) is 17.6. The monoisotopic (exact) mass is 388 g/mol. The fraction of sp³-hybridized carbons (Fsp3) is 0.917. The predicted octanol–water partition coefficient (Wildman–Crippen LogP) is 4.86. The van der Waals surface area contributed by atoms with Crippen LogP contribution in [-0.2, 0) is 9.59 Å². The average molecular weight is 389 g/mol. The van der Waals surface area contributed by atoms with Crippen molar-refractivity contribution in [3.8, 4) is 0 Å². The van der Waals surface area contributed by atoms with Crippen molar-refractivity contribution in [1.82, 2.24) is 10.6 Å². The van der Waals surface area contributed by atoms with Crippen molar-refractivity contribution in [2.45, 2.75) is 121 Å². The van der Waals surface area contributed by atoms with Gasteiger partial charge in [0.15, 0.2) is 0 Å². The Morgan fingerprint density at radius 1 is 0.607 bits per heavy atom. The predicted molar refractivity (Wildman–Crippen MR) is 112 cm³/mol. The van der Waals surface area contributed by atoms with Gasteiger partial charge in [0.05, 0.1) is 0 Å². The summed E-state index contributed by atoms with van der Waals surface area (Å²) in [5.41, 5.74) is -0.0737. The zero-order chi connectivity index (χ0) is 19.4. The lowest BCUT2D eigenvalue weighted by Gasteiger charge is -2.56. The molecule has 2 amide bonds. The van der Waals surface area contributed by atoms with E-state index in [0.717, 1.165) is 49.9 Å². The lowest BCUT2D eigenvalue weighted by atomic mass is 9.53. The number of carbonyl (C=O) groups is 2. The van der Waals surface area contributed by atoms with Gasteiger partial charge < -0.3 is 10.6 Å². The highest BCUT2D eigenvalue weighted by atomic mass is 16.2. The van der Waals surface area contributed by atoms with E-state index >= 15 is 0 Å². The summed E-state index contributed by atoms with van der Waals surface area (Å²) in [6, 6.07) is 0.175. The first-order valence-corrected chi connectivity index (χ1v) is 12.2. The van der Waals surface area contributed by atoms with Crippen LogP contribution in [-0.4, -0.2) is 23.4 Å². The molecule has 0 saturated heterocycles. The number of nitrogens with one attached hydrogen (secondary N) is 2. The number of carbonyl (C=O) groups excluding carboxylic acids is 2. The summed E-state index contributed by atoms with van der Waals surface area (Å²) in [7, 11) is 0. The fourth-order valence-corrected chi connectivity index (χ4v) is 7.12. The molecule has 5 fully saturated rings. The van der Waals surface area contributed by atoms with Gasteiger partial charge in [0, 0.05) is 11.6 Å². The van der Waals surface area contributed by atoms with Crippen molar-refractivity contribution >= 4 is 11.8 Å². The Morgan fingerprint density at radius 3 is 1.50 bits per heavy atom. The van der Waals surface area contributed by atoms with Crippen LogP contribution in [0.3, 0.4) is 0 Å². The van der Waals surface area contributed by atoms with Gasteiger partial charge in [-0.15, -0.1) is 0 Å². The molecule has 0 aromatic rings. The topological polar surface area (TPSA) is 58.2 Å². The third-order valence-electron chi connectivity index (χ3n) is 8.06. The number of hydrogen-bond donors (Lipinski definition) is 2. The summed E-state index contributed by atoms with van der Waals surface area (Å²) in [6.07, 6.45) is 21.0. The minimum absolute atomic E-state index is 0.0737. The molecule has 0 unspecified atom stereocenters. The normalized spacial score (nSPS) is 36.9. The Kier molecular flexibility index (Phi) is 6.62. The van der Waals surface area contributed by atoms with Gasteiger partial charge in [-0.2, -0.15) is 0 Å². The quantitative estimate of drug-likeness (QED) is 0.664. The van der Waals surface area contributed by atoms with Gasteiger partial charge in [0.25, 0.3) is 0 Å². The number of amides is 2. The van der Waals surface area contributed by atoms with Gasteiger partial charge in [-0.05, 0) is 69.1 Å². The van der Waals surface area contributed by atoms with Gasteiger partial charge in [0.1, 0.15) is 0 Å². The summed E-state index contributed by atoms with van der Waals surface area (Å²) >= 11 is 0. The third kappa shape index (κ3) is 5.10. The van der Waals surface area contributed by atoms with Crippen LogP contribution in [0.2, 0.25) is 0 Å². The first-order valence-electron chi connectivity index (χ1n) is 12.2. The molecule has 0 heterocycles. The largest absolute Gasteiger partial charge is 0.345 e. The van der Waals surface area contributed by atoms with Gasteiger partial charge in [-0.25, -0.2) is 0 Å².